The van der Waals surface area contributed by atoms with Crippen LogP contribution >= 0.6 is 11.8 Å². The monoisotopic (exact) mass is 340 g/mol. The number of thioether (sulfide) groups is 1. The van der Waals surface area contributed by atoms with Crippen LogP contribution in [-0.4, -0.2) is 19.1 Å². The molecule has 0 aliphatic rings. The van der Waals surface area contributed by atoms with E-state index in [1.165, 1.54) is 17.2 Å². The highest BCUT2D eigenvalue weighted by molar-refractivity contribution is 7.98. The van der Waals surface area contributed by atoms with Crippen molar-refractivity contribution in [2.24, 2.45) is 0 Å². The van der Waals surface area contributed by atoms with Gasteiger partial charge in [-0.1, -0.05) is 17.8 Å². The third kappa shape index (κ3) is 3.59. The number of aromatic nitrogens is 4. The fraction of sp³-hybridized carbons (Fsp3) is 0.278. The van der Waals surface area contributed by atoms with Gasteiger partial charge in [0.2, 0.25) is 0 Å². The van der Waals surface area contributed by atoms with Gasteiger partial charge < -0.3 is 9.13 Å². The van der Waals surface area contributed by atoms with Gasteiger partial charge in [-0.2, -0.15) is 4.98 Å². The van der Waals surface area contributed by atoms with Crippen LogP contribution in [0.15, 0.2) is 59.1 Å². The molecule has 0 atom stereocenters. The largest absolute Gasteiger partial charge is 0.325 e. The van der Waals surface area contributed by atoms with Gasteiger partial charge in [-0.15, -0.1) is 0 Å². The molecule has 0 fully saturated rings. The number of rotatable bonds is 5. The van der Waals surface area contributed by atoms with E-state index in [9.17, 15) is 4.79 Å². The van der Waals surface area contributed by atoms with E-state index >= 15 is 0 Å². The molecule has 0 radical (unpaired) electrons. The smallest absolute Gasteiger partial charge is 0.273 e. The fourth-order valence-corrected chi connectivity index (χ4v) is 3.64. The van der Waals surface area contributed by atoms with E-state index in [1.54, 1.807) is 24.3 Å². The van der Waals surface area contributed by atoms with E-state index in [4.69, 9.17) is 0 Å². The molecule has 5 nitrogen and oxygen atoms in total. The second-order valence-corrected chi connectivity index (χ2v) is 6.86. The first-order valence-electron chi connectivity index (χ1n) is 7.84. The normalized spacial score (nSPS) is 11.2. The van der Waals surface area contributed by atoms with Gasteiger partial charge in [-0.3, -0.25) is 4.79 Å². The summed E-state index contributed by atoms with van der Waals surface area (Å²) in [5.41, 5.74) is 3.35. The van der Waals surface area contributed by atoms with Crippen LogP contribution in [0, 0.1) is 6.92 Å². The minimum absolute atomic E-state index is 0.193. The summed E-state index contributed by atoms with van der Waals surface area (Å²) >= 11 is 1.59. The van der Waals surface area contributed by atoms with Crippen LogP contribution in [0.3, 0.4) is 0 Å². The van der Waals surface area contributed by atoms with Crippen molar-refractivity contribution < 1.29 is 0 Å². The van der Waals surface area contributed by atoms with E-state index in [1.807, 2.05) is 21.5 Å². The molecule has 3 rings (SSSR count). The molecule has 2 aromatic heterocycles. The number of benzene rings is 1. The molecule has 124 valence electrons. The molecule has 2 heterocycles. The van der Waals surface area contributed by atoms with Crippen LogP contribution in [0.2, 0.25) is 0 Å². The fourth-order valence-electron chi connectivity index (χ4n) is 2.45. The Labute approximate surface area is 145 Å². The lowest BCUT2D eigenvalue weighted by molar-refractivity contribution is 0.526. The first-order chi connectivity index (χ1) is 11.5. The Bertz CT molecular complexity index is 884. The molecular weight excluding hydrogens is 320 g/mol. The summed E-state index contributed by atoms with van der Waals surface area (Å²) in [5, 5.41) is 0.760. The zero-order chi connectivity index (χ0) is 17.1. The molecule has 0 aliphatic heterocycles. The maximum atomic E-state index is 11.6. The first kappa shape index (κ1) is 16.5. The summed E-state index contributed by atoms with van der Waals surface area (Å²) in [6, 6.07) is 8.13. The summed E-state index contributed by atoms with van der Waals surface area (Å²) in [6.45, 7) is 6.27. The lowest BCUT2D eigenvalue weighted by Gasteiger charge is -2.15. The van der Waals surface area contributed by atoms with Gasteiger partial charge in [0.25, 0.3) is 5.56 Å². The van der Waals surface area contributed by atoms with Gasteiger partial charge in [-0.05, 0) is 44.0 Å². The van der Waals surface area contributed by atoms with Gasteiger partial charge in [0, 0.05) is 42.1 Å². The zero-order valence-electron chi connectivity index (χ0n) is 14.0. The minimum atomic E-state index is -0.193. The third-order valence-electron chi connectivity index (χ3n) is 3.85. The molecule has 3 aromatic rings. The predicted molar refractivity (Wildman–Crippen MR) is 96.7 cm³/mol. The Morgan fingerprint density at radius 2 is 2.04 bits per heavy atom. The second-order valence-electron chi connectivity index (χ2n) is 5.92. The van der Waals surface area contributed by atoms with Crippen LogP contribution in [0.4, 0.5) is 0 Å². The van der Waals surface area contributed by atoms with Crippen LogP contribution in [-0.2, 0) is 5.75 Å². The Kier molecular flexibility index (Phi) is 4.85. The lowest BCUT2D eigenvalue weighted by Crippen LogP contribution is -2.14. The molecule has 1 aromatic carbocycles. The van der Waals surface area contributed by atoms with Gasteiger partial charge in [0.05, 0.1) is 6.33 Å². The highest BCUT2D eigenvalue weighted by atomic mass is 32.2. The first-order valence-corrected chi connectivity index (χ1v) is 8.83. The number of hydrogen-bond donors (Lipinski definition) is 0. The maximum absolute atomic E-state index is 11.6. The van der Waals surface area contributed by atoms with Crippen molar-refractivity contribution in [2.75, 3.05) is 0 Å². The molecule has 24 heavy (non-hydrogen) atoms. The van der Waals surface area contributed by atoms with Crippen molar-refractivity contribution in [1.82, 2.24) is 19.1 Å². The molecular formula is C18H20N4OS. The molecule has 0 bridgehead atoms. The highest BCUT2D eigenvalue weighted by Gasteiger charge is 2.09. The third-order valence-corrected chi connectivity index (χ3v) is 4.86. The predicted octanol–water partition coefficient (Wildman–Crippen LogP) is 3.61. The standard InChI is InChI=1S/C18H20N4OS/c1-13(2)22-8-6-17(23)20-18(22)24-11-15-4-5-16(10-14(15)3)21-9-7-19-12-21/h4-10,12-13H,11H2,1-3H3. The Morgan fingerprint density at radius 3 is 2.71 bits per heavy atom. The Hall–Kier alpha value is -2.34. The van der Waals surface area contributed by atoms with Crippen molar-refractivity contribution in [1.29, 1.82) is 0 Å². The zero-order valence-corrected chi connectivity index (χ0v) is 14.8. The average Bonchev–Trinajstić information content (AvgIpc) is 3.08. The van der Waals surface area contributed by atoms with Crippen molar-refractivity contribution in [3.05, 3.63) is 70.7 Å². The quantitative estimate of drug-likeness (QED) is 0.526. The molecule has 0 saturated heterocycles. The summed E-state index contributed by atoms with van der Waals surface area (Å²) in [4.78, 5) is 19.8. The van der Waals surface area contributed by atoms with E-state index in [0.29, 0.717) is 0 Å². The minimum Gasteiger partial charge on any atom is -0.325 e. The Morgan fingerprint density at radius 1 is 1.21 bits per heavy atom. The number of imidazole rings is 1. The van der Waals surface area contributed by atoms with Crippen molar-refractivity contribution in [3.63, 3.8) is 0 Å². The summed E-state index contributed by atoms with van der Waals surface area (Å²) < 4.78 is 4.01. The number of nitrogens with zero attached hydrogens (tertiary/aromatic N) is 4. The topological polar surface area (TPSA) is 52.7 Å². The number of aryl methyl sites for hydroxylation is 1. The molecule has 0 aliphatic carbocycles. The van der Waals surface area contributed by atoms with Crippen LogP contribution < -0.4 is 5.56 Å². The van der Waals surface area contributed by atoms with Crippen molar-refractivity contribution >= 4 is 11.8 Å². The summed E-state index contributed by atoms with van der Waals surface area (Å²) in [5.74, 6) is 0.777. The second kappa shape index (κ2) is 7.05. The molecule has 0 saturated carbocycles. The SMILES string of the molecule is Cc1cc(-n2ccnc2)ccc1CSc1nc(=O)ccn1C(C)C. The van der Waals surface area contributed by atoms with Crippen LogP contribution in [0.25, 0.3) is 5.69 Å². The van der Waals surface area contributed by atoms with Gasteiger partial charge in [0.1, 0.15) is 0 Å². The van der Waals surface area contributed by atoms with Crippen LogP contribution in [0.5, 0.6) is 0 Å². The van der Waals surface area contributed by atoms with Crippen molar-refractivity contribution in [3.8, 4) is 5.69 Å². The van der Waals surface area contributed by atoms with Gasteiger partial charge >= 0.3 is 0 Å². The lowest BCUT2D eigenvalue weighted by atomic mass is 10.1. The molecule has 0 spiro atoms. The maximum Gasteiger partial charge on any atom is 0.273 e. The highest BCUT2D eigenvalue weighted by Crippen LogP contribution is 2.25. The van der Waals surface area contributed by atoms with E-state index in [0.717, 1.165) is 16.6 Å². The van der Waals surface area contributed by atoms with E-state index in [-0.39, 0.29) is 11.6 Å². The van der Waals surface area contributed by atoms with Gasteiger partial charge in [0.15, 0.2) is 5.16 Å². The van der Waals surface area contributed by atoms with Crippen molar-refractivity contribution in [2.45, 2.75) is 37.7 Å². The summed E-state index contributed by atoms with van der Waals surface area (Å²) in [7, 11) is 0. The number of hydrogen-bond acceptors (Lipinski definition) is 4. The molecule has 0 unspecified atom stereocenters. The average molecular weight is 340 g/mol. The molecule has 0 amide bonds. The Balaban J connectivity index is 1.80. The van der Waals surface area contributed by atoms with Gasteiger partial charge in [-0.25, -0.2) is 4.98 Å². The summed E-state index contributed by atoms with van der Waals surface area (Å²) in [6.07, 6.45) is 7.31. The van der Waals surface area contributed by atoms with Crippen LogP contribution in [0.1, 0.15) is 31.0 Å². The molecule has 0 N–H and O–H groups in total. The molecule has 6 heteroatoms. The van der Waals surface area contributed by atoms with E-state index < -0.39 is 0 Å². The van der Waals surface area contributed by atoms with E-state index in [2.05, 4.69) is 48.9 Å².